The Bertz CT molecular complexity index is 777. The molecule has 0 saturated heterocycles. The second-order valence-electron chi connectivity index (χ2n) is 6.65. The van der Waals surface area contributed by atoms with Crippen LogP contribution in [0.25, 0.3) is 0 Å². The van der Waals surface area contributed by atoms with Crippen molar-refractivity contribution in [3.05, 3.63) is 59.7 Å². The van der Waals surface area contributed by atoms with Crippen LogP contribution in [0.4, 0.5) is 10.5 Å². The average Bonchev–Trinajstić information content (AvgIpc) is 2.61. The molecule has 3 N–H and O–H groups in total. The van der Waals surface area contributed by atoms with Crippen molar-refractivity contribution in [1.82, 2.24) is 0 Å². The van der Waals surface area contributed by atoms with Gasteiger partial charge in [0.25, 0.3) is 0 Å². The third kappa shape index (κ3) is 4.98. The van der Waals surface area contributed by atoms with Crippen LogP contribution < -0.4 is 5.32 Å². The summed E-state index contributed by atoms with van der Waals surface area (Å²) in [6, 6.07) is 14.9. The summed E-state index contributed by atoms with van der Waals surface area (Å²) in [5, 5.41) is 30.3. The summed E-state index contributed by atoms with van der Waals surface area (Å²) in [5.74, 6) is 0.120. The van der Waals surface area contributed by atoms with E-state index in [4.69, 9.17) is 10.00 Å². The smallest absolute Gasteiger partial charge is 0.412 e. The molecule has 2 aromatic carbocycles. The van der Waals surface area contributed by atoms with Crippen LogP contribution in [0.1, 0.15) is 37.5 Å². The summed E-state index contributed by atoms with van der Waals surface area (Å²) in [4.78, 5) is 12.4. The lowest BCUT2D eigenvalue weighted by Crippen LogP contribution is -2.29. The van der Waals surface area contributed by atoms with E-state index in [1.54, 1.807) is 36.4 Å². The number of carbonyl (C=O) groups is 1. The average molecular weight is 354 g/mol. The van der Waals surface area contributed by atoms with Crippen molar-refractivity contribution < 1.29 is 19.7 Å². The highest BCUT2D eigenvalue weighted by molar-refractivity contribution is 5.84. The van der Waals surface area contributed by atoms with Gasteiger partial charge in [0.1, 0.15) is 11.9 Å². The molecule has 2 aromatic rings. The summed E-state index contributed by atoms with van der Waals surface area (Å²) in [6.45, 7) is 3.76. The van der Waals surface area contributed by atoms with Crippen LogP contribution in [0.2, 0.25) is 0 Å². The first-order valence-corrected chi connectivity index (χ1v) is 8.23. The number of aliphatic hydroxyl groups excluding tert-OH is 1. The van der Waals surface area contributed by atoms with Gasteiger partial charge in [-0.3, -0.25) is 5.32 Å². The second-order valence-corrected chi connectivity index (χ2v) is 6.65. The number of hydrogen-bond acceptors (Lipinski definition) is 5. The molecule has 0 heterocycles. The molecule has 2 rings (SSSR count). The minimum Gasteiger partial charge on any atom is -0.508 e. The maximum Gasteiger partial charge on any atom is 0.412 e. The Morgan fingerprint density at radius 1 is 1.19 bits per heavy atom. The van der Waals surface area contributed by atoms with Crippen LogP contribution in [-0.4, -0.2) is 22.9 Å². The van der Waals surface area contributed by atoms with E-state index in [-0.39, 0.29) is 12.4 Å². The molecule has 0 saturated carbocycles. The maximum atomic E-state index is 12.4. The Kier molecular flexibility index (Phi) is 6.21. The Balaban J connectivity index is 2.18. The van der Waals surface area contributed by atoms with Crippen molar-refractivity contribution in [2.75, 3.05) is 11.9 Å². The number of nitrogens with one attached hydrogen (secondary N) is 1. The SMILES string of the molecule is CC(C)(CCO)[C@H](OC(=O)Nc1ccc(C#N)cc1)c1ccc(O)cc1. The highest BCUT2D eigenvalue weighted by Crippen LogP contribution is 2.40. The second kappa shape index (κ2) is 8.37. The summed E-state index contributed by atoms with van der Waals surface area (Å²) in [6.07, 6.45) is -0.824. The number of phenolic OH excluding ortho intramolecular Hbond substituents is 1. The molecule has 0 bridgehead atoms. The Hall–Kier alpha value is -3.04. The number of nitriles is 1. The van der Waals surface area contributed by atoms with Crippen LogP contribution in [0.15, 0.2) is 48.5 Å². The molecule has 0 aliphatic rings. The number of amides is 1. The van der Waals surface area contributed by atoms with Gasteiger partial charge in [-0.2, -0.15) is 5.26 Å². The van der Waals surface area contributed by atoms with Crippen molar-refractivity contribution in [1.29, 1.82) is 5.26 Å². The van der Waals surface area contributed by atoms with E-state index < -0.39 is 17.6 Å². The number of anilines is 1. The van der Waals surface area contributed by atoms with Crippen molar-refractivity contribution >= 4 is 11.8 Å². The van der Waals surface area contributed by atoms with E-state index in [1.165, 1.54) is 12.1 Å². The summed E-state index contributed by atoms with van der Waals surface area (Å²) < 4.78 is 5.65. The van der Waals surface area contributed by atoms with Gasteiger partial charge < -0.3 is 14.9 Å². The van der Waals surface area contributed by atoms with Crippen LogP contribution in [0.5, 0.6) is 5.75 Å². The molecule has 136 valence electrons. The number of aliphatic hydroxyl groups is 1. The van der Waals surface area contributed by atoms with E-state index in [1.807, 2.05) is 19.9 Å². The lowest BCUT2D eigenvalue weighted by atomic mass is 9.80. The van der Waals surface area contributed by atoms with E-state index in [0.717, 1.165) is 5.56 Å². The zero-order chi connectivity index (χ0) is 19.2. The molecule has 0 radical (unpaired) electrons. The predicted octanol–water partition coefficient (Wildman–Crippen LogP) is 3.96. The molecule has 26 heavy (non-hydrogen) atoms. The fourth-order valence-electron chi connectivity index (χ4n) is 2.63. The van der Waals surface area contributed by atoms with Crippen molar-refractivity contribution in [3.63, 3.8) is 0 Å². The van der Waals surface area contributed by atoms with Crippen molar-refractivity contribution in [3.8, 4) is 11.8 Å². The first-order chi connectivity index (χ1) is 12.4. The summed E-state index contributed by atoms with van der Waals surface area (Å²) in [5.41, 5.74) is 1.21. The minimum absolute atomic E-state index is 0.0395. The number of rotatable bonds is 6. The lowest BCUT2D eigenvalue weighted by molar-refractivity contribution is 0.0152. The number of nitrogens with zero attached hydrogens (tertiary/aromatic N) is 1. The van der Waals surface area contributed by atoms with Crippen LogP contribution in [0.3, 0.4) is 0 Å². The number of carbonyl (C=O) groups excluding carboxylic acids is 1. The van der Waals surface area contributed by atoms with E-state index in [0.29, 0.717) is 17.7 Å². The van der Waals surface area contributed by atoms with Gasteiger partial charge >= 0.3 is 6.09 Å². The fourth-order valence-corrected chi connectivity index (χ4v) is 2.63. The fraction of sp³-hybridized carbons (Fsp3) is 0.300. The zero-order valence-electron chi connectivity index (χ0n) is 14.8. The van der Waals surface area contributed by atoms with Gasteiger partial charge in [-0.1, -0.05) is 26.0 Å². The third-order valence-electron chi connectivity index (χ3n) is 4.15. The van der Waals surface area contributed by atoms with E-state index >= 15 is 0 Å². The van der Waals surface area contributed by atoms with Gasteiger partial charge in [0.15, 0.2) is 0 Å². The van der Waals surface area contributed by atoms with E-state index in [2.05, 4.69) is 5.32 Å². The Morgan fingerprint density at radius 2 is 1.81 bits per heavy atom. The molecule has 0 aliphatic heterocycles. The predicted molar refractivity (Wildman–Crippen MR) is 97.6 cm³/mol. The van der Waals surface area contributed by atoms with Crippen molar-refractivity contribution in [2.24, 2.45) is 5.41 Å². The summed E-state index contributed by atoms with van der Waals surface area (Å²) >= 11 is 0. The minimum atomic E-state index is -0.640. The molecule has 0 unspecified atom stereocenters. The molecule has 0 aromatic heterocycles. The maximum absolute atomic E-state index is 12.4. The first kappa shape index (κ1) is 19.3. The van der Waals surface area contributed by atoms with E-state index in [9.17, 15) is 15.0 Å². The molecule has 6 nitrogen and oxygen atoms in total. The van der Waals surface area contributed by atoms with Gasteiger partial charge in [0.05, 0.1) is 11.6 Å². The zero-order valence-corrected chi connectivity index (χ0v) is 14.8. The normalized spacial score (nSPS) is 12.1. The Morgan fingerprint density at radius 3 is 2.35 bits per heavy atom. The standard InChI is InChI=1S/C20H22N2O4/c1-20(2,11-12-23)18(15-5-9-17(24)10-6-15)26-19(25)22-16-7-3-14(13-21)4-8-16/h3-10,18,23-24H,11-12H2,1-2H3,(H,22,25)/t18-/m1/s1. The molecule has 0 spiro atoms. The van der Waals surface area contributed by atoms with Gasteiger partial charge in [-0.15, -0.1) is 0 Å². The first-order valence-electron chi connectivity index (χ1n) is 8.23. The number of benzene rings is 2. The Labute approximate surface area is 152 Å². The number of aromatic hydroxyl groups is 1. The van der Waals surface area contributed by atoms with Crippen LogP contribution in [0, 0.1) is 16.7 Å². The van der Waals surface area contributed by atoms with Crippen LogP contribution in [-0.2, 0) is 4.74 Å². The molecule has 6 heteroatoms. The molecule has 1 atom stereocenters. The molecular weight excluding hydrogens is 332 g/mol. The third-order valence-corrected chi connectivity index (χ3v) is 4.15. The van der Waals surface area contributed by atoms with Gasteiger partial charge in [-0.25, -0.2) is 4.79 Å². The topological polar surface area (TPSA) is 103 Å². The summed E-state index contributed by atoms with van der Waals surface area (Å²) in [7, 11) is 0. The van der Waals surface area contributed by atoms with Gasteiger partial charge in [0, 0.05) is 17.7 Å². The molecular formula is C20H22N2O4. The highest BCUT2D eigenvalue weighted by atomic mass is 16.6. The molecule has 0 fully saturated rings. The molecule has 1 amide bonds. The largest absolute Gasteiger partial charge is 0.508 e. The monoisotopic (exact) mass is 354 g/mol. The number of phenols is 1. The van der Waals surface area contributed by atoms with Crippen molar-refractivity contribution in [2.45, 2.75) is 26.4 Å². The van der Waals surface area contributed by atoms with Gasteiger partial charge in [0.2, 0.25) is 0 Å². The number of hydrogen-bond donors (Lipinski definition) is 3. The lowest BCUT2D eigenvalue weighted by Gasteiger charge is -2.33. The quantitative estimate of drug-likeness (QED) is 0.728. The van der Waals surface area contributed by atoms with Gasteiger partial charge in [-0.05, 0) is 48.4 Å². The van der Waals surface area contributed by atoms with Crippen LogP contribution >= 0.6 is 0 Å². The highest BCUT2D eigenvalue weighted by Gasteiger charge is 2.34. The number of ether oxygens (including phenoxy) is 1. The molecule has 0 aliphatic carbocycles.